The van der Waals surface area contributed by atoms with Crippen molar-refractivity contribution < 1.29 is 9.47 Å². The highest BCUT2D eigenvalue weighted by Crippen LogP contribution is 2.16. The van der Waals surface area contributed by atoms with E-state index < -0.39 is 0 Å². The van der Waals surface area contributed by atoms with Gasteiger partial charge in [0.25, 0.3) is 0 Å². The fraction of sp³-hybridized carbons (Fsp3) is 0.933. The number of rotatable bonds is 8. The van der Waals surface area contributed by atoms with Crippen LogP contribution in [0, 0.1) is 11.8 Å². The fourth-order valence-corrected chi connectivity index (χ4v) is 2.25. The molecule has 1 saturated heterocycles. The molecular weight excluding hydrogens is 381 g/mol. The van der Waals surface area contributed by atoms with Gasteiger partial charge in [-0.1, -0.05) is 13.8 Å². The zero-order valence-corrected chi connectivity index (χ0v) is 16.3. The molecule has 0 spiro atoms. The van der Waals surface area contributed by atoms with E-state index in [1.165, 1.54) is 6.42 Å². The number of likely N-dealkylation sites (tertiary alicyclic amines) is 1. The van der Waals surface area contributed by atoms with Gasteiger partial charge in [-0.2, -0.15) is 0 Å². The lowest BCUT2D eigenvalue weighted by Gasteiger charge is -2.22. The zero-order chi connectivity index (χ0) is 14.8. The summed E-state index contributed by atoms with van der Waals surface area (Å²) in [6, 6.07) is 0. The van der Waals surface area contributed by atoms with Gasteiger partial charge in [-0.3, -0.25) is 4.99 Å². The molecule has 1 fully saturated rings. The largest absolute Gasteiger partial charge is 0.382 e. The Morgan fingerprint density at radius 3 is 2.76 bits per heavy atom. The number of ether oxygens (including phenoxy) is 2. The van der Waals surface area contributed by atoms with Gasteiger partial charge in [-0.25, -0.2) is 0 Å². The van der Waals surface area contributed by atoms with E-state index in [1.54, 1.807) is 7.11 Å². The lowest BCUT2D eigenvalue weighted by atomic mass is 10.1. The SMILES string of the molecule is CCNC(=NCC(C)C)N1CCC(COCCOC)C1.I. The van der Waals surface area contributed by atoms with Gasteiger partial charge >= 0.3 is 0 Å². The van der Waals surface area contributed by atoms with Crippen LogP contribution in [0.15, 0.2) is 4.99 Å². The first-order chi connectivity index (χ1) is 9.67. The maximum absolute atomic E-state index is 5.63. The molecule has 1 N–H and O–H groups in total. The van der Waals surface area contributed by atoms with Crippen LogP contribution in [0.1, 0.15) is 27.2 Å². The molecule has 5 nitrogen and oxygen atoms in total. The normalized spacial score (nSPS) is 19.0. The molecule has 0 aromatic rings. The van der Waals surface area contributed by atoms with Gasteiger partial charge in [0.15, 0.2) is 5.96 Å². The van der Waals surface area contributed by atoms with Crippen LogP contribution < -0.4 is 5.32 Å². The van der Waals surface area contributed by atoms with Gasteiger partial charge in [-0.05, 0) is 19.3 Å². The summed E-state index contributed by atoms with van der Waals surface area (Å²) in [7, 11) is 1.70. The Labute approximate surface area is 146 Å². The summed E-state index contributed by atoms with van der Waals surface area (Å²) in [4.78, 5) is 7.07. The van der Waals surface area contributed by atoms with Gasteiger partial charge in [-0.15, -0.1) is 24.0 Å². The van der Waals surface area contributed by atoms with Gasteiger partial charge in [0.05, 0.1) is 19.8 Å². The molecule has 6 heteroatoms. The third-order valence-corrected chi connectivity index (χ3v) is 3.31. The minimum atomic E-state index is 0. The third kappa shape index (κ3) is 8.83. The fourth-order valence-electron chi connectivity index (χ4n) is 2.25. The molecule has 0 radical (unpaired) electrons. The minimum Gasteiger partial charge on any atom is -0.382 e. The van der Waals surface area contributed by atoms with Crippen molar-refractivity contribution >= 4 is 29.9 Å². The minimum absolute atomic E-state index is 0. The second-order valence-electron chi connectivity index (χ2n) is 5.76. The molecule has 126 valence electrons. The first kappa shape index (κ1) is 20.9. The summed E-state index contributed by atoms with van der Waals surface area (Å²) in [5.41, 5.74) is 0. The van der Waals surface area contributed by atoms with Crippen LogP contribution in [0.5, 0.6) is 0 Å². The molecule has 1 rings (SSSR count). The summed E-state index contributed by atoms with van der Waals surface area (Å²) < 4.78 is 10.6. The number of aliphatic imine (C=N–C) groups is 1. The molecule has 0 aliphatic carbocycles. The van der Waals surface area contributed by atoms with E-state index in [0.29, 0.717) is 25.0 Å². The van der Waals surface area contributed by atoms with E-state index in [0.717, 1.165) is 38.7 Å². The topological polar surface area (TPSA) is 46.1 Å². The van der Waals surface area contributed by atoms with E-state index in [2.05, 4.69) is 31.0 Å². The summed E-state index contributed by atoms with van der Waals surface area (Å²) >= 11 is 0. The van der Waals surface area contributed by atoms with Crippen LogP contribution in [-0.2, 0) is 9.47 Å². The molecule has 0 bridgehead atoms. The predicted octanol–water partition coefficient (Wildman–Crippen LogP) is 2.21. The highest BCUT2D eigenvalue weighted by Gasteiger charge is 2.24. The number of hydrogen-bond acceptors (Lipinski definition) is 3. The Morgan fingerprint density at radius 1 is 1.38 bits per heavy atom. The highest BCUT2D eigenvalue weighted by molar-refractivity contribution is 14.0. The number of nitrogens with one attached hydrogen (secondary N) is 1. The van der Waals surface area contributed by atoms with Crippen molar-refractivity contribution in [2.75, 3.05) is 53.1 Å². The van der Waals surface area contributed by atoms with Crippen LogP contribution in [0.3, 0.4) is 0 Å². The molecule has 1 unspecified atom stereocenters. The lowest BCUT2D eigenvalue weighted by Crippen LogP contribution is -2.40. The zero-order valence-electron chi connectivity index (χ0n) is 13.9. The second-order valence-corrected chi connectivity index (χ2v) is 5.76. The van der Waals surface area contributed by atoms with Crippen LogP contribution in [-0.4, -0.2) is 64.0 Å². The molecule has 1 aliphatic rings. The monoisotopic (exact) mass is 413 g/mol. The van der Waals surface area contributed by atoms with Crippen LogP contribution in [0.25, 0.3) is 0 Å². The van der Waals surface area contributed by atoms with Crippen molar-refractivity contribution in [3.63, 3.8) is 0 Å². The standard InChI is InChI=1S/C15H31N3O2.HI/c1-5-16-15(17-10-13(2)3)18-7-6-14(11-18)12-20-9-8-19-4;/h13-14H,5-12H2,1-4H3,(H,16,17);1H. The van der Waals surface area contributed by atoms with E-state index >= 15 is 0 Å². The van der Waals surface area contributed by atoms with Crippen LogP contribution >= 0.6 is 24.0 Å². The predicted molar refractivity (Wildman–Crippen MR) is 98.6 cm³/mol. The molecule has 21 heavy (non-hydrogen) atoms. The molecule has 1 atom stereocenters. The summed E-state index contributed by atoms with van der Waals surface area (Å²) in [5, 5.41) is 3.39. The molecule has 1 aliphatic heterocycles. The third-order valence-electron chi connectivity index (χ3n) is 3.31. The summed E-state index contributed by atoms with van der Waals surface area (Å²) in [6.45, 7) is 12.6. The first-order valence-corrected chi connectivity index (χ1v) is 7.77. The Balaban J connectivity index is 0.00000400. The molecule has 0 saturated carbocycles. The summed E-state index contributed by atoms with van der Waals surface area (Å²) in [6.07, 6.45) is 1.18. The maximum atomic E-state index is 5.63. The van der Waals surface area contributed by atoms with Gasteiger partial charge in [0, 0.05) is 39.2 Å². The van der Waals surface area contributed by atoms with Crippen molar-refractivity contribution in [3.05, 3.63) is 0 Å². The Hall–Kier alpha value is -0.0800. The van der Waals surface area contributed by atoms with E-state index in [9.17, 15) is 0 Å². The van der Waals surface area contributed by atoms with Crippen molar-refractivity contribution in [1.29, 1.82) is 0 Å². The lowest BCUT2D eigenvalue weighted by molar-refractivity contribution is 0.0536. The number of halogens is 1. The average Bonchev–Trinajstić information content (AvgIpc) is 2.88. The Morgan fingerprint density at radius 2 is 2.14 bits per heavy atom. The number of guanidine groups is 1. The second kappa shape index (κ2) is 12.5. The van der Waals surface area contributed by atoms with E-state index in [1.807, 2.05) is 0 Å². The highest BCUT2D eigenvalue weighted by atomic mass is 127. The quantitative estimate of drug-likeness (QED) is 0.287. The average molecular weight is 413 g/mol. The molecule has 1 heterocycles. The van der Waals surface area contributed by atoms with Crippen LogP contribution in [0.2, 0.25) is 0 Å². The van der Waals surface area contributed by atoms with Crippen LogP contribution in [0.4, 0.5) is 0 Å². The van der Waals surface area contributed by atoms with Gasteiger partial charge in [0.2, 0.25) is 0 Å². The molecule has 0 amide bonds. The summed E-state index contributed by atoms with van der Waals surface area (Å²) in [5.74, 6) is 2.26. The Bertz CT molecular complexity index is 288. The molecule has 0 aromatic carbocycles. The first-order valence-electron chi connectivity index (χ1n) is 7.77. The molecule has 0 aromatic heterocycles. The molecular formula is C15H32IN3O2. The van der Waals surface area contributed by atoms with Gasteiger partial charge < -0.3 is 19.7 Å². The maximum Gasteiger partial charge on any atom is 0.193 e. The van der Waals surface area contributed by atoms with E-state index in [4.69, 9.17) is 14.5 Å². The number of methoxy groups -OCH3 is 1. The van der Waals surface area contributed by atoms with E-state index in [-0.39, 0.29) is 24.0 Å². The smallest absolute Gasteiger partial charge is 0.193 e. The van der Waals surface area contributed by atoms with Gasteiger partial charge in [0.1, 0.15) is 0 Å². The number of nitrogens with zero attached hydrogens (tertiary/aromatic N) is 2. The van der Waals surface area contributed by atoms with Crippen molar-refractivity contribution in [1.82, 2.24) is 10.2 Å². The van der Waals surface area contributed by atoms with Crippen molar-refractivity contribution in [2.45, 2.75) is 27.2 Å². The number of hydrogen-bond donors (Lipinski definition) is 1. The Kier molecular flexibility index (Phi) is 12.4. The van der Waals surface area contributed by atoms with Crippen molar-refractivity contribution in [3.8, 4) is 0 Å². The van der Waals surface area contributed by atoms with Crippen molar-refractivity contribution in [2.24, 2.45) is 16.8 Å².